The number of amides is 2. The fraction of sp³-hybridized carbons (Fsp3) is 0.875. The fourth-order valence-corrected chi connectivity index (χ4v) is 5.18. The van der Waals surface area contributed by atoms with E-state index in [9.17, 15) is 18.0 Å². The minimum Gasteiger partial charge on any atom is -0.340 e. The van der Waals surface area contributed by atoms with Gasteiger partial charge in [-0.15, -0.1) is 0 Å². The van der Waals surface area contributed by atoms with Crippen molar-refractivity contribution in [1.29, 1.82) is 0 Å². The molecule has 0 N–H and O–H groups in total. The van der Waals surface area contributed by atoms with Gasteiger partial charge >= 0.3 is 0 Å². The maximum Gasteiger partial charge on any atom is 0.228 e. The van der Waals surface area contributed by atoms with Crippen LogP contribution in [-0.2, 0) is 19.6 Å². The largest absolute Gasteiger partial charge is 0.340 e. The lowest BCUT2D eigenvalue weighted by molar-refractivity contribution is -0.137. The van der Waals surface area contributed by atoms with E-state index in [2.05, 4.69) is 0 Å². The lowest BCUT2D eigenvalue weighted by Gasteiger charge is -2.35. The van der Waals surface area contributed by atoms with Gasteiger partial charge in [0.15, 0.2) is 0 Å². The zero-order valence-corrected chi connectivity index (χ0v) is 15.1. The standard InChI is InChI=1S/C16H27N3O4S/c1-2-24(22,23)18-9-7-17(8-10-18)16(21)13-11-15(20)19(12-13)14-5-3-4-6-14/h13-14H,2-12H2,1H3. The van der Waals surface area contributed by atoms with E-state index in [1.54, 1.807) is 11.8 Å². The molecule has 2 amide bonds. The third kappa shape index (κ3) is 3.44. The van der Waals surface area contributed by atoms with Crippen LogP contribution in [0.15, 0.2) is 0 Å². The maximum absolute atomic E-state index is 12.7. The Morgan fingerprint density at radius 1 is 1.12 bits per heavy atom. The van der Waals surface area contributed by atoms with E-state index < -0.39 is 10.0 Å². The number of hydrogen-bond acceptors (Lipinski definition) is 4. The highest BCUT2D eigenvalue weighted by Gasteiger charge is 2.41. The van der Waals surface area contributed by atoms with Gasteiger partial charge in [-0.3, -0.25) is 9.59 Å². The van der Waals surface area contributed by atoms with Gasteiger partial charge in [0.05, 0.1) is 11.7 Å². The van der Waals surface area contributed by atoms with E-state index in [0.29, 0.717) is 45.2 Å². The van der Waals surface area contributed by atoms with E-state index in [-0.39, 0.29) is 23.5 Å². The summed E-state index contributed by atoms with van der Waals surface area (Å²) in [6.07, 6.45) is 4.76. The zero-order valence-electron chi connectivity index (χ0n) is 14.3. The van der Waals surface area contributed by atoms with Gasteiger partial charge in [-0.1, -0.05) is 12.8 Å². The maximum atomic E-state index is 12.7. The van der Waals surface area contributed by atoms with Crippen molar-refractivity contribution in [2.24, 2.45) is 5.92 Å². The molecule has 7 nitrogen and oxygen atoms in total. The van der Waals surface area contributed by atoms with Crippen molar-refractivity contribution in [2.45, 2.75) is 45.1 Å². The third-order valence-corrected chi connectivity index (χ3v) is 7.46. The summed E-state index contributed by atoms with van der Waals surface area (Å²) in [6, 6.07) is 0.321. The molecule has 8 heteroatoms. The minimum atomic E-state index is -3.19. The van der Waals surface area contributed by atoms with Crippen LogP contribution in [0, 0.1) is 5.92 Å². The Labute approximate surface area is 144 Å². The zero-order chi connectivity index (χ0) is 17.3. The summed E-state index contributed by atoms with van der Waals surface area (Å²) in [5, 5.41) is 0. The van der Waals surface area contributed by atoms with Crippen LogP contribution in [0.5, 0.6) is 0 Å². The lowest BCUT2D eigenvalue weighted by Crippen LogP contribution is -2.52. The number of carbonyl (C=O) groups is 2. The van der Waals surface area contributed by atoms with Crippen LogP contribution >= 0.6 is 0 Å². The Morgan fingerprint density at radius 2 is 1.75 bits per heavy atom. The molecule has 136 valence electrons. The molecule has 1 saturated carbocycles. The normalized spacial score (nSPS) is 27.2. The van der Waals surface area contributed by atoms with Crippen LogP contribution in [0.1, 0.15) is 39.0 Å². The summed E-state index contributed by atoms with van der Waals surface area (Å²) >= 11 is 0. The van der Waals surface area contributed by atoms with Gasteiger partial charge < -0.3 is 9.80 Å². The molecule has 0 bridgehead atoms. The monoisotopic (exact) mass is 357 g/mol. The minimum absolute atomic E-state index is 0.0115. The molecule has 0 spiro atoms. The number of rotatable bonds is 4. The van der Waals surface area contributed by atoms with Gasteiger partial charge in [0.25, 0.3) is 0 Å². The van der Waals surface area contributed by atoms with Gasteiger partial charge in [-0.2, -0.15) is 4.31 Å². The second-order valence-electron chi connectivity index (χ2n) is 7.01. The molecule has 0 aromatic heterocycles. The molecule has 0 radical (unpaired) electrons. The lowest BCUT2D eigenvalue weighted by atomic mass is 10.1. The van der Waals surface area contributed by atoms with Crippen molar-refractivity contribution in [1.82, 2.24) is 14.1 Å². The van der Waals surface area contributed by atoms with Crippen molar-refractivity contribution < 1.29 is 18.0 Å². The molecule has 1 atom stereocenters. The average Bonchev–Trinajstić information content (AvgIpc) is 3.23. The molecular formula is C16H27N3O4S. The fourth-order valence-electron chi connectivity index (χ4n) is 4.09. The van der Waals surface area contributed by atoms with Gasteiger partial charge in [0.2, 0.25) is 21.8 Å². The topological polar surface area (TPSA) is 78.0 Å². The first-order valence-electron chi connectivity index (χ1n) is 8.98. The first kappa shape index (κ1) is 17.7. The summed E-state index contributed by atoms with van der Waals surface area (Å²) in [7, 11) is -3.19. The summed E-state index contributed by atoms with van der Waals surface area (Å²) in [6.45, 7) is 3.73. The van der Waals surface area contributed by atoms with Crippen LogP contribution in [0.4, 0.5) is 0 Å². The molecule has 0 aromatic carbocycles. The van der Waals surface area contributed by atoms with Crippen LogP contribution in [-0.4, -0.2) is 78.9 Å². The number of piperazine rings is 1. The number of sulfonamides is 1. The summed E-state index contributed by atoms with van der Waals surface area (Å²) in [5.41, 5.74) is 0. The summed E-state index contributed by atoms with van der Waals surface area (Å²) in [5.74, 6) is -0.0497. The van der Waals surface area contributed by atoms with Crippen LogP contribution in [0.3, 0.4) is 0 Å². The van der Waals surface area contributed by atoms with E-state index in [1.165, 1.54) is 17.1 Å². The van der Waals surface area contributed by atoms with Crippen LogP contribution in [0.25, 0.3) is 0 Å². The Bertz CT molecular complexity index is 592. The van der Waals surface area contributed by atoms with Gasteiger partial charge in [0, 0.05) is 45.2 Å². The molecule has 0 aromatic rings. The number of likely N-dealkylation sites (tertiary alicyclic amines) is 1. The van der Waals surface area contributed by atoms with E-state index in [4.69, 9.17) is 0 Å². The predicted octanol–water partition coefficient (Wildman–Crippen LogP) is 0.271. The molecule has 3 fully saturated rings. The van der Waals surface area contributed by atoms with Gasteiger partial charge in [-0.25, -0.2) is 8.42 Å². The molecule has 3 aliphatic rings. The highest BCUT2D eigenvalue weighted by atomic mass is 32.2. The molecular weight excluding hydrogens is 330 g/mol. The van der Waals surface area contributed by atoms with Crippen LogP contribution < -0.4 is 0 Å². The van der Waals surface area contributed by atoms with Crippen molar-refractivity contribution in [3.8, 4) is 0 Å². The van der Waals surface area contributed by atoms with Gasteiger partial charge in [0.1, 0.15) is 0 Å². The molecule has 2 aliphatic heterocycles. The third-order valence-electron chi connectivity index (χ3n) is 5.58. The predicted molar refractivity (Wildman–Crippen MR) is 89.7 cm³/mol. The van der Waals surface area contributed by atoms with Crippen LogP contribution in [0.2, 0.25) is 0 Å². The number of hydrogen-bond donors (Lipinski definition) is 0. The Morgan fingerprint density at radius 3 is 2.33 bits per heavy atom. The first-order chi connectivity index (χ1) is 11.4. The highest BCUT2D eigenvalue weighted by molar-refractivity contribution is 7.89. The van der Waals surface area contributed by atoms with E-state index >= 15 is 0 Å². The number of nitrogens with zero attached hydrogens (tertiary/aromatic N) is 3. The highest BCUT2D eigenvalue weighted by Crippen LogP contribution is 2.30. The van der Waals surface area contributed by atoms with Gasteiger partial charge in [-0.05, 0) is 19.8 Å². The van der Waals surface area contributed by atoms with Crippen molar-refractivity contribution in [2.75, 3.05) is 38.5 Å². The van der Waals surface area contributed by atoms with Crippen molar-refractivity contribution >= 4 is 21.8 Å². The molecule has 3 rings (SSSR count). The van der Waals surface area contributed by atoms with Crippen molar-refractivity contribution in [3.05, 3.63) is 0 Å². The molecule has 2 heterocycles. The second kappa shape index (κ2) is 7.00. The number of carbonyl (C=O) groups excluding carboxylic acids is 2. The summed E-state index contributed by atoms with van der Waals surface area (Å²) in [4.78, 5) is 28.6. The Hall–Kier alpha value is -1.15. The van der Waals surface area contributed by atoms with E-state index in [0.717, 1.165) is 12.8 Å². The molecule has 1 aliphatic carbocycles. The Kier molecular flexibility index (Phi) is 5.15. The average molecular weight is 357 g/mol. The smallest absolute Gasteiger partial charge is 0.228 e. The first-order valence-corrected chi connectivity index (χ1v) is 10.6. The molecule has 1 unspecified atom stereocenters. The van der Waals surface area contributed by atoms with E-state index in [1.807, 2.05) is 4.90 Å². The van der Waals surface area contributed by atoms with Crippen molar-refractivity contribution in [3.63, 3.8) is 0 Å². The Balaban J connectivity index is 1.55. The second-order valence-corrected chi connectivity index (χ2v) is 9.27. The quantitative estimate of drug-likeness (QED) is 0.724. The molecule has 2 saturated heterocycles. The molecule has 24 heavy (non-hydrogen) atoms. The summed E-state index contributed by atoms with van der Waals surface area (Å²) < 4.78 is 25.2. The SMILES string of the molecule is CCS(=O)(=O)N1CCN(C(=O)C2CC(=O)N(C3CCCC3)C2)CC1.